The first-order valence-corrected chi connectivity index (χ1v) is 61.9. The quantitative estimate of drug-likeness (QED) is 0.0355. The molecular formula is C134H116Ag6P6+6. The summed E-state index contributed by atoms with van der Waals surface area (Å²) in [6.45, 7) is 19.3. The second-order valence-electron chi connectivity index (χ2n) is 35.5. The maximum atomic E-state index is 7.35. The summed E-state index contributed by atoms with van der Waals surface area (Å²) in [5, 5.41) is 34.3. The monoisotopic (exact) mass is 2550 g/mol. The average Bonchev–Trinajstić information content (AvgIpc) is 0.800. The summed E-state index contributed by atoms with van der Waals surface area (Å²) in [7, 11) is -1.18. The van der Waals surface area contributed by atoms with Crippen LogP contribution in [0.2, 0.25) is 0 Å². The predicted octanol–water partition coefficient (Wildman–Crippen LogP) is 32.2. The summed E-state index contributed by atoms with van der Waals surface area (Å²) in [5.41, 5.74) is 5.14. The Kier molecular flexibility index (Phi) is 52.7. The second kappa shape index (κ2) is 63.4. The molecule has 2 unspecified atom stereocenters. The molecule has 2 atom stereocenters. The molecule has 0 aliphatic carbocycles. The minimum absolute atomic E-state index is 0. The van der Waals surface area contributed by atoms with E-state index in [2.05, 4.69) is 319 Å². The van der Waals surface area contributed by atoms with Crippen molar-refractivity contribution in [1.82, 2.24) is 0 Å². The molecule has 0 heterocycles. The van der Waals surface area contributed by atoms with E-state index in [-0.39, 0.29) is 174 Å². The molecule has 0 saturated heterocycles. The van der Waals surface area contributed by atoms with E-state index >= 15 is 0 Å². The smallest absolute Gasteiger partial charge is 0.366 e. The Labute approximate surface area is 967 Å². The molecule has 0 aliphatic rings. The first-order chi connectivity index (χ1) is 68.6. The molecule has 0 fully saturated rings. The standard InChI is InChI=1S/2C16H20P2.6C16H9.C6H16P2.6Ag/c1-17(15-9-5-3-6-10-15)13-14-18(2)16-11-7-4-8-12-16;1-17(2)13-14-18(15-9-5-3-6-10-15)16-11-7-4-8-12-16;6*1-2-12-11-13-7-3-4-9-15(13)16-10-6-5-8-14(12)16;1-7(2)5-6-8(3)4;;;;;;/h2*3-12H,13-14H2,1-2H3;6*3-11H;5-6H2,1-4H3;;;;;;/q;;6*-1;;6*+1/p+6. The van der Waals surface area contributed by atoms with Crippen LogP contribution in [-0.4, -0.2) is 90.3 Å². The van der Waals surface area contributed by atoms with Gasteiger partial charge in [0.1, 0.15) is 0 Å². The van der Waals surface area contributed by atoms with Crippen molar-refractivity contribution in [3.63, 3.8) is 0 Å². The van der Waals surface area contributed by atoms with Gasteiger partial charge in [-0.15, -0.1) is 69.8 Å². The van der Waals surface area contributed by atoms with Crippen LogP contribution >= 0.6 is 47.5 Å². The van der Waals surface area contributed by atoms with Crippen molar-refractivity contribution in [2.75, 3.05) is 90.3 Å². The van der Waals surface area contributed by atoms with Gasteiger partial charge in [0.25, 0.3) is 0 Å². The van der Waals surface area contributed by atoms with Crippen molar-refractivity contribution in [3.8, 4) is 35.5 Å². The van der Waals surface area contributed by atoms with Gasteiger partial charge in [0.2, 0.25) is 0 Å². The molecule has 0 bridgehead atoms. The maximum Gasteiger partial charge on any atom is 1.00 e. The zero-order valence-corrected chi connectivity index (χ0v) is 97.7. The minimum atomic E-state index is -0.569. The predicted molar refractivity (Wildman–Crippen MR) is 637 cm³/mol. The van der Waals surface area contributed by atoms with Crippen molar-refractivity contribution in [2.24, 2.45) is 0 Å². The molecule has 0 spiro atoms. The van der Waals surface area contributed by atoms with Crippen LogP contribution in [0.15, 0.2) is 449 Å². The van der Waals surface area contributed by atoms with Crippen molar-refractivity contribution in [3.05, 3.63) is 521 Å². The number of benzene rings is 22. The zero-order chi connectivity index (χ0) is 97.9. The van der Waals surface area contributed by atoms with Crippen LogP contribution in [0.1, 0.15) is 33.4 Å². The normalized spacial score (nSPS) is 10.6. The zero-order valence-electron chi connectivity index (χ0n) is 82.8. The summed E-state index contributed by atoms with van der Waals surface area (Å²) in [6, 6.07) is 155. The summed E-state index contributed by atoms with van der Waals surface area (Å²) < 4.78 is 0. The van der Waals surface area contributed by atoms with Gasteiger partial charge in [0.15, 0.2) is 0 Å². The maximum absolute atomic E-state index is 7.35. The van der Waals surface area contributed by atoms with Crippen LogP contribution < -0.4 is 21.2 Å². The Morgan fingerprint density at radius 2 is 0.288 bits per heavy atom. The number of rotatable bonds is 13. The molecule has 0 aliphatic heterocycles. The van der Waals surface area contributed by atoms with Gasteiger partial charge in [-0.25, -0.2) is 0 Å². The third-order valence-corrected chi connectivity index (χ3v) is 37.8. The van der Waals surface area contributed by atoms with Crippen LogP contribution in [0.5, 0.6) is 0 Å². The molecule has 0 N–H and O–H groups in total. The SMILES string of the molecule is C[PH+](C)CC[PH+](C)C.C[PH+](C)CC[PH+](c1ccccc1)c1ccccc1.C[PH+](CC[PH+](C)c1ccccc1)c1ccccc1.[Ag+].[Ag+].[Ag+].[Ag+].[Ag+].[Ag+].[C-]#Cc1cc2ccccc2c2ccccc12.[C-]#Cc1cc2ccccc2c2ccccc12.[C-]#Cc1cc2ccccc2c2ccccc12.[C-]#Cc1cc2ccccc2c2ccccc12.[C-]#Cc1cc2ccccc2c2ccccc12.[C-]#Cc1cc2ccccc2c2ccccc12. The van der Waals surface area contributed by atoms with E-state index < -0.39 is 7.92 Å². The van der Waals surface area contributed by atoms with Gasteiger partial charge < -0.3 is 38.5 Å². The van der Waals surface area contributed by atoms with Crippen LogP contribution in [0.4, 0.5) is 0 Å². The van der Waals surface area contributed by atoms with Gasteiger partial charge in [-0.3, -0.25) is 35.5 Å². The van der Waals surface area contributed by atoms with E-state index in [0.29, 0.717) is 0 Å². The molecule has 146 heavy (non-hydrogen) atoms. The fraction of sp³-hybridized carbons (Fsp3) is 0.104. The molecule has 0 amide bonds. The molecule has 0 radical (unpaired) electrons. The molecule has 12 heteroatoms. The molecule has 742 valence electrons. The first kappa shape index (κ1) is 122. The van der Waals surface area contributed by atoms with Crippen molar-refractivity contribution in [2.45, 2.75) is 0 Å². The minimum Gasteiger partial charge on any atom is -0.366 e. The molecule has 22 aromatic carbocycles. The van der Waals surface area contributed by atoms with E-state index in [9.17, 15) is 0 Å². The molecular weight excluding hydrogens is 2440 g/mol. The van der Waals surface area contributed by atoms with Crippen LogP contribution in [0.25, 0.3) is 129 Å². The number of fused-ring (bicyclic) bond motifs is 18. The summed E-state index contributed by atoms with van der Waals surface area (Å²) in [5.74, 6) is 15.1. The van der Waals surface area contributed by atoms with E-state index in [4.69, 9.17) is 38.5 Å². The Balaban J connectivity index is 0.000000200. The Morgan fingerprint density at radius 3 is 0.452 bits per heavy atom. The largest absolute Gasteiger partial charge is 1.00 e. The van der Waals surface area contributed by atoms with Gasteiger partial charge >= 0.3 is 134 Å². The Hall–Kier alpha value is -9.66. The van der Waals surface area contributed by atoms with E-state index in [0.717, 1.165) is 98.0 Å². The van der Waals surface area contributed by atoms with Crippen molar-refractivity contribution in [1.29, 1.82) is 0 Å². The van der Waals surface area contributed by atoms with Gasteiger partial charge in [-0.05, 0) is 169 Å². The summed E-state index contributed by atoms with van der Waals surface area (Å²) in [6.07, 6.45) is 52.8. The van der Waals surface area contributed by atoms with Crippen molar-refractivity contribution < 1.29 is 134 Å². The van der Waals surface area contributed by atoms with Crippen molar-refractivity contribution >= 4 is 198 Å². The summed E-state index contributed by atoms with van der Waals surface area (Å²) >= 11 is 0. The fourth-order valence-electron chi connectivity index (χ4n) is 17.7. The van der Waals surface area contributed by atoms with Gasteiger partial charge in [0.05, 0.1) is 79.4 Å². The number of hydrogen-bond acceptors (Lipinski definition) is 0. The van der Waals surface area contributed by atoms with Crippen LogP contribution in [0, 0.1) is 74.1 Å². The van der Waals surface area contributed by atoms with Gasteiger partial charge in [-0.2, -0.15) is 0 Å². The third-order valence-electron chi connectivity index (χ3n) is 25.1. The fourth-order valence-corrected chi connectivity index (χ4v) is 31.9. The first-order valence-electron chi connectivity index (χ1n) is 47.7. The van der Waals surface area contributed by atoms with E-state index in [1.54, 1.807) is 21.2 Å². The summed E-state index contributed by atoms with van der Waals surface area (Å²) in [4.78, 5) is 0. The molecule has 0 saturated carbocycles. The van der Waals surface area contributed by atoms with Gasteiger partial charge in [-0.1, -0.05) is 396 Å². The van der Waals surface area contributed by atoms with Crippen LogP contribution in [-0.2, 0) is 134 Å². The third kappa shape index (κ3) is 32.9. The van der Waals surface area contributed by atoms with E-state index in [1.165, 1.54) is 102 Å². The molecule has 22 aromatic rings. The van der Waals surface area contributed by atoms with E-state index in [1.807, 2.05) is 218 Å². The molecule has 22 rings (SSSR count). The number of hydrogen-bond donors (Lipinski definition) is 0. The second-order valence-corrected chi connectivity index (χ2v) is 52.2. The van der Waals surface area contributed by atoms with Gasteiger partial charge in [0, 0.05) is 55.8 Å². The Morgan fingerprint density at radius 1 is 0.151 bits per heavy atom. The molecule has 0 aromatic heterocycles. The average molecular weight is 2560 g/mol. The topological polar surface area (TPSA) is 0 Å². The molecule has 0 nitrogen and oxygen atoms in total. The Bertz CT molecular complexity index is 7170. The van der Waals surface area contributed by atoms with Crippen LogP contribution in [0.3, 0.4) is 0 Å².